The topological polar surface area (TPSA) is 26.0 Å². The third-order valence-corrected chi connectivity index (χ3v) is 3.42. The van der Waals surface area contributed by atoms with Gasteiger partial charge in [0.15, 0.2) is 0 Å². The van der Waals surface area contributed by atoms with E-state index in [0.29, 0.717) is 0 Å². The van der Waals surface area contributed by atoms with Gasteiger partial charge in [-0.25, -0.2) is 0 Å². The van der Waals surface area contributed by atoms with Crippen LogP contribution >= 0.6 is 0 Å². The summed E-state index contributed by atoms with van der Waals surface area (Å²) in [5, 5.41) is 2.63. The van der Waals surface area contributed by atoms with Crippen LogP contribution in [0.1, 0.15) is 24.0 Å². The van der Waals surface area contributed by atoms with Gasteiger partial charge in [0, 0.05) is 5.54 Å². The average Bonchev–Trinajstić information content (AvgIpc) is 2.97. The Morgan fingerprint density at radius 1 is 1.07 bits per heavy atom. The van der Waals surface area contributed by atoms with Crippen molar-refractivity contribution in [2.24, 2.45) is 5.73 Å². The molecule has 2 aromatic rings. The molecule has 15 heavy (non-hydrogen) atoms. The molecule has 2 aromatic carbocycles. The standard InChI is InChI=1S/C14H15N/c1-10-6-7-11-4-2-3-5-12(11)13(10)14(15)8-9-14/h2-7H,8-9,15H2,1H3. The monoisotopic (exact) mass is 197 g/mol. The highest BCUT2D eigenvalue weighted by atomic mass is 14.8. The molecule has 1 nitrogen and oxygen atoms in total. The van der Waals surface area contributed by atoms with E-state index in [2.05, 4.69) is 43.3 Å². The zero-order chi connectivity index (χ0) is 10.5. The summed E-state index contributed by atoms with van der Waals surface area (Å²) in [6, 6.07) is 12.9. The van der Waals surface area contributed by atoms with Crippen LogP contribution in [0, 0.1) is 6.92 Å². The van der Waals surface area contributed by atoms with Crippen LogP contribution in [0.15, 0.2) is 36.4 Å². The van der Waals surface area contributed by atoms with Crippen molar-refractivity contribution in [3.05, 3.63) is 47.5 Å². The summed E-state index contributed by atoms with van der Waals surface area (Å²) in [5.41, 5.74) is 8.99. The fourth-order valence-corrected chi connectivity index (χ4v) is 2.43. The van der Waals surface area contributed by atoms with Crippen LogP contribution in [-0.2, 0) is 5.54 Å². The van der Waals surface area contributed by atoms with E-state index in [0.717, 1.165) is 12.8 Å². The highest BCUT2D eigenvalue weighted by Crippen LogP contribution is 2.46. The Balaban J connectivity index is 2.38. The zero-order valence-electron chi connectivity index (χ0n) is 8.96. The molecule has 0 amide bonds. The molecule has 1 aliphatic carbocycles. The predicted octanol–water partition coefficient (Wildman–Crippen LogP) is 3.10. The molecule has 1 heteroatoms. The SMILES string of the molecule is Cc1ccc2ccccc2c1C1(N)CC1. The summed E-state index contributed by atoms with van der Waals surface area (Å²) >= 11 is 0. The van der Waals surface area contributed by atoms with Crippen LogP contribution in [0.5, 0.6) is 0 Å². The van der Waals surface area contributed by atoms with Crippen LogP contribution in [0.3, 0.4) is 0 Å². The van der Waals surface area contributed by atoms with Crippen molar-refractivity contribution in [2.75, 3.05) is 0 Å². The lowest BCUT2D eigenvalue weighted by Gasteiger charge is -2.16. The van der Waals surface area contributed by atoms with Crippen molar-refractivity contribution >= 4 is 10.8 Å². The van der Waals surface area contributed by atoms with Crippen LogP contribution < -0.4 is 5.73 Å². The van der Waals surface area contributed by atoms with Gasteiger partial charge in [-0.05, 0) is 41.7 Å². The Morgan fingerprint density at radius 2 is 1.80 bits per heavy atom. The molecule has 1 fully saturated rings. The van der Waals surface area contributed by atoms with E-state index < -0.39 is 0 Å². The number of benzene rings is 2. The van der Waals surface area contributed by atoms with Gasteiger partial charge in [0.2, 0.25) is 0 Å². The minimum Gasteiger partial charge on any atom is -0.321 e. The number of hydrogen-bond acceptors (Lipinski definition) is 1. The van der Waals surface area contributed by atoms with E-state index in [4.69, 9.17) is 5.73 Å². The summed E-state index contributed by atoms with van der Waals surface area (Å²) in [7, 11) is 0. The molecule has 3 rings (SSSR count). The smallest absolute Gasteiger partial charge is 0.0420 e. The normalized spacial score (nSPS) is 18.0. The van der Waals surface area contributed by atoms with Gasteiger partial charge < -0.3 is 5.73 Å². The lowest BCUT2D eigenvalue weighted by molar-refractivity contribution is 0.741. The van der Waals surface area contributed by atoms with Crippen molar-refractivity contribution in [3.8, 4) is 0 Å². The van der Waals surface area contributed by atoms with Gasteiger partial charge in [-0.1, -0.05) is 36.4 Å². The van der Waals surface area contributed by atoms with Crippen molar-refractivity contribution < 1.29 is 0 Å². The molecule has 1 saturated carbocycles. The number of nitrogens with two attached hydrogens (primary N) is 1. The van der Waals surface area contributed by atoms with Gasteiger partial charge in [0.1, 0.15) is 0 Å². The highest BCUT2D eigenvalue weighted by Gasteiger charge is 2.41. The molecule has 0 radical (unpaired) electrons. The Morgan fingerprint density at radius 3 is 2.53 bits per heavy atom. The van der Waals surface area contributed by atoms with Crippen molar-refractivity contribution in [3.63, 3.8) is 0 Å². The number of hydrogen-bond donors (Lipinski definition) is 1. The van der Waals surface area contributed by atoms with E-state index in [1.54, 1.807) is 0 Å². The second-order valence-electron chi connectivity index (χ2n) is 4.63. The molecule has 0 spiro atoms. The lowest BCUT2D eigenvalue weighted by atomic mass is 9.93. The van der Waals surface area contributed by atoms with E-state index in [-0.39, 0.29) is 5.54 Å². The predicted molar refractivity (Wildman–Crippen MR) is 63.8 cm³/mol. The van der Waals surface area contributed by atoms with Crippen LogP contribution in [0.25, 0.3) is 10.8 Å². The maximum atomic E-state index is 6.33. The summed E-state index contributed by atoms with van der Waals surface area (Å²) in [4.78, 5) is 0. The fraction of sp³-hybridized carbons (Fsp3) is 0.286. The Labute approximate surface area is 89.9 Å². The number of fused-ring (bicyclic) bond motifs is 1. The first-order valence-electron chi connectivity index (χ1n) is 5.48. The first-order valence-corrected chi connectivity index (χ1v) is 5.48. The van der Waals surface area contributed by atoms with Crippen LogP contribution in [0.2, 0.25) is 0 Å². The Kier molecular flexibility index (Phi) is 1.68. The molecule has 0 aromatic heterocycles. The quantitative estimate of drug-likeness (QED) is 0.747. The highest BCUT2D eigenvalue weighted by molar-refractivity contribution is 5.88. The summed E-state index contributed by atoms with van der Waals surface area (Å²) in [6.07, 6.45) is 2.25. The molecule has 2 N–H and O–H groups in total. The molecule has 0 unspecified atom stereocenters. The molecular formula is C14H15N. The number of rotatable bonds is 1. The van der Waals surface area contributed by atoms with Crippen molar-refractivity contribution in [2.45, 2.75) is 25.3 Å². The minimum absolute atomic E-state index is 0.0368. The van der Waals surface area contributed by atoms with E-state index in [9.17, 15) is 0 Å². The molecular weight excluding hydrogens is 182 g/mol. The van der Waals surface area contributed by atoms with Crippen LogP contribution in [-0.4, -0.2) is 0 Å². The lowest BCUT2D eigenvalue weighted by Crippen LogP contribution is -2.20. The first-order chi connectivity index (χ1) is 7.21. The summed E-state index contributed by atoms with van der Waals surface area (Å²) in [5.74, 6) is 0. The maximum absolute atomic E-state index is 6.33. The van der Waals surface area contributed by atoms with Gasteiger partial charge in [-0.3, -0.25) is 0 Å². The molecule has 76 valence electrons. The third kappa shape index (κ3) is 1.27. The molecule has 0 aliphatic heterocycles. The van der Waals surface area contributed by atoms with E-state index in [1.165, 1.54) is 21.9 Å². The van der Waals surface area contributed by atoms with Gasteiger partial charge in [0.05, 0.1) is 0 Å². The van der Waals surface area contributed by atoms with Gasteiger partial charge in [-0.15, -0.1) is 0 Å². The third-order valence-electron chi connectivity index (χ3n) is 3.42. The molecule has 0 heterocycles. The maximum Gasteiger partial charge on any atom is 0.0420 e. The molecule has 0 saturated heterocycles. The van der Waals surface area contributed by atoms with Crippen molar-refractivity contribution in [1.29, 1.82) is 0 Å². The molecule has 0 atom stereocenters. The second-order valence-corrected chi connectivity index (χ2v) is 4.63. The Hall–Kier alpha value is -1.34. The average molecular weight is 197 g/mol. The molecule has 0 bridgehead atoms. The van der Waals surface area contributed by atoms with Gasteiger partial charge in [-0.2, -0.15) is 0 Å². The zero-order valence-corrected chi connectivity index (χ0v) is 8.96. The summed E-state index contributed by atoms with van der Waals surface area (Å²) < 4.78 is 0. The van der Waals surface area contributed by atoms with Gasteiger partial charge >= 0.3 is 0 Å². The minimum atomic E-state index is -0.0368. The largest absolute Gasteiger partial charge is 0.321 e. The van der Waals surface area contributed by atoms with E-state index >= 15 is 0 Å². The fourth-order valence-electron chi connectivity index (χ4n) is 2.43. The first kappa shape index (κ1) is 8.93. The van der Waals surface area contributed by atoms with Crippen LogP contribution in [0.4, 0.5) is 0 Å². The second kappa shape index (κ2) is 2.83. The number of aryl methyl sites for hydroxylation is 1. The van der Waals surface area contributed by atoms with Gasteiger partial charge in [0.25, 0.3) is 0 Å². The molecule has 1 aliphatic rings. The van der Waals surface area contributed by atoms with Crippen molar-refractivity contribution in [1.82, 2.24) is 0 Å². The summed E-state index contributed by atoms with van der Waals surface area (Å²) in [6.45, 7) is 2.16. The van der Waals surface area contributed by atoms with E-state index in [1.807, 2.05) is 0 Å². The Bertz CT molecular complexity index is 524.